The highest BCUT2D eigenvalue weighted by Crippen LogP contribution is 2.36. The van der Waals surface area contributed by atoms with Crippen molar-refractivity contribution in [3.8, 4) is 0 Å². The molecular weight excluding hydrogens is 480 g/mol. The average molecular weight is 520 g/mol. The Kier molecular flexibility index (Phi) is 9.85. The molecule has 198 valence electrons. The second-order valence-corrected chi connectivity index (χ2v) is 11.6. The van der Waals surface area contributed by atoms with Gasteiger partial charge < -0.3 is 14.5 Å². The third kappa shape index (κ3) is 7.33. The zero-order valence-electron chi connectivity index (χ0n) is 21.5. The van der Waals surface area contributed by atoms with Crippen molar-refractivity contribution in [2.45, 2.75) is 57.0 Å². The SMILES string of the molecule is CC1/C=C\C(S(C)=O)=C/CN=CN1C1CCN(CCC(c2cc(F)cc(F)c2)C2CCOCC2)CC1. The Labute approximate surface area is 216 Å². The van der Waals surface area contributed by atoms with Crippen LogP contribution in [0.25, 0.3) is 0 Å². The Bertz CT molecular complexity index is 965. The van der Waals surface area contributed by atoms with Crippen molar-refractivity contribution in [2.24, 2.45) is 10.9 Å². The second kappa shape index (κ2) is 13.1. The van der Waals surface area contributed by atoms with Gasteiger partial charge >= 0.3 is 0 Å². The van der Waals surface area contributed by atoms with Crippen LogP contribution in [-0.2, 0) is 15.5 Å². The van der Waals surface area contributed by atoms with Crippen LogP contribution in [0.1, 0.15) is 50.5 Å². The first-order chi connectivity index (χ1) is 17.4. The van der Waals surface area contributed by atoms with E-state index in [1.54, 1.807) is 6.26 Å². The quantitative estimate of drug-likeness (QED) is 0.515. The Morgan fingerprint density at radius 1 is 1.11 bits per heavy atom. The fourth-order valence-electron chi connectivity index (χ4n) is 5.78. The molecule has 0 spiro atoms. The highest BCUT2D eigenvalue weighted by Gasteiger charge is 2.29. The molecule has 5 nitrogen and oxygen atoms in total. The summed E-state index contributed by atoms with van der Waals surface area (Å²) in [6.07, 6.45) is 14.5. The topological polar surface area (TPSA) is 45.1 Å². The van der Waals surface area contributed by atoms with Crippen molar-refractivity contribution in [1.82, 2.24) is 9.80 Å². The molecule has 0 saturated carbocycles. The lowest BCUT2D eigenvalue weighted by molar-refractivity contribution is 0.0542. The predicted molar refractivity (Wildman–Crippen MR) is 143 cm³/mol. The summed E-state index contributed by atoms with van der Waals surface area (Å²) < 4.78 is 45.5. The number of aliphatic imine (C=N–C) groups is 1. The van der Waals surface area contributed by atoms with Crippen LogP contribution in [0, 0.1) is 17.6 Å². The summed E-state index contributed by atoms with van der Waals surface area (Å²) in [4.78, 5) is 10.2. The maximum atomic E-state index is 14.0. The van der Waals surface area contributed by atoms with Gasteiger partial charge in [0.05, 0.1) is 12.9 Å². The number of nitrogens with zero attached hydrogens (tertiary/aromatic N) is 3. The molecule has 0 N–H and O–H groups in total. The van der Waals surface area contributed by atoms with Gasteiger partial charge in [0, 0.05) is 66.4 Å². The number of likely N-dealkylation sites (tertiary alicyclic amines) is 1. The maximum Gasteiger partial charge on any atom is 0.126 e. The van der Waals surface area contributed by atoms with Crippen LogP contribution in [0.5, 0.6) is 0 Å². The molecule has 0 aliphatic carbocycles. The Morgan fingerprint density at radius 2 is 1.81 bits per heavy atom. The molecule has 36 heavy (non-hydrogen) atoms. The lowest BCUT2D eigenvalue weighted by Gasteiger charge is -2.40. The van der Waals surface area contributed by atoms with Gasteiger partial charge in [-0.2, -0.15) is 0 Å². The number of allylic oxidation sites excluding steroid dienone is 1. The predicted octanol–water partition coefficient (Wildman–Crippen LogP) is 4.88. The number of ether oxygens (including phenoxy) is 1. The third-order valence-electron chi connectivity index (χ3n) is 7.84. The zero-order chi connectivity index (χ0) is 25.5. The first-order valence-corrected chi connectivity index (χ1v) is 14.7. The van der Waals surface area contributed by atoms with Crippen molar-refractivity contribution in [1.29, 1.82) is 0 Å². The largest absolute Gasteiger partial charge is 0.381 e. The lowest BCUT2D eigenvalue weighted by Crippen LogP contribution is -2.47. The molecule has 3 atom stereocenters. The van der Waals surface area contributed by atoms with Gasteiger partial charge in [0.2, 0.25) is 0 Å². The standard InChI is InChI=1S/C28H39F2N3O2S/c1-21-3-4-27(36(2)34)5-11-31-20-33(21)26-6-12-32(13-7-26)14-8-28(22-9-15-35-16-10-22)23-17-24(29)19-25(30)18-23/h3-5,17-22,26,28H,6-16H2,1-2H3/b4-3-,27-5+,31-20?. The molecule has 1 aromatic rings. The van der Waals surface area contributed by atoms with Crippen LogP contribution < -0.4 is 0 Å². The summed E-state index contributed by atoms with van der Waals surface area (Å²) in [6.45, 7) is 7.05. The molecule has 2 fully saturated rings. The van der Waals surface area contributed by atoms with Crippen LogP contribution in [0.2, 0.25) is 0 Å². The van der Waals surface area contributed by atoms with E-state index in [-0.39, 0.29) is 12.0 Å². The third-order valence-corrected chi connectivity index (χ3v) is 8.80. The summed E-state index contributed by atoms with van der Waals surface area (Å²) >= 11 is 0. The molecule has 3 aliphatic heterocycles. The lowest BCUT2D eigenvalue weighted by atomic mass is 9.79. The molecule has 0 radical (unpaired) electrons. The normalized spacial score (nSPS) is 26.9. The van der Waals surface area contributed by atoms with E-state index in [2.05, 4.69) is 27.8 Å². The number of benzene rings is 1. The minimum atomic E-state index is -1.01. The first kappa shape index (κ1) is 27.1. The van der Waals surface area contributed by atoms with Crippen LogP contribution in [0.15, 0.2) is 46.3 Å². The summed E-state index contributed by atoms with van der Waals surface area (Å²) in [6, 6.07) is 4.57. The summed E-state index contributed by atoms with van der Waals surface area (Å²) in [5.74, 6) is -0.464. The van der Waals surface area contributed by atoms with Gasteiger partial charge in [-0.25, -0.2) is 8.78 Å². The highest BCUT2D eigenvalue weighted by atomic mass is 32.2. The van der Waals surface area contributed by atoms with E-state index in [9.17, 15) is 13.0 Å². The molecule has 4 rings (SSSR count). The summed E-state index contributed by atoms with van der Waals surface area (Å²) in [5, 5.41) is 0. The minimum Gasteiger partial charge on any atom is -0.381 e. The van der Waals surface area contributed by atoms with Gasteiger partial charge in [0.1, 0.15) is 11.6 Å². The van der Waals surface area contributed by atoms with Crippen molar-refractivity contribution in [2.75, 3.05) is 45.6 Å². The van der Waals surface area contributed by atoms with E-state index in [1.807, 2.05) is 18.5 Å². The molecule has 1 aromatic carbocycles. The second-order valence-electron chi connectivity index (χ2n) is 10.2. The van der Waals surface area contributed by atoms with Gasteiger partial charge in [0.15, 0.2) is 0 Å². The Morgan fingerprint density at radius 3 is 2.47 bits per heavy atom. The van der Waals surface area contributed by atoms with E-state index >= 15 is 0 Å². The van der Waals surface area contributed by atoms with Crippen molar-refractivity contribution >= 4 is 17.1 Å². The van der Waals surface area contributed by atoms with E-state index in [1.165, 1.54) is 12.1 Å². The molecule has 3 unspecified atom stereocenters. The van der Waals surface area contributed by atoms with Crippen LogP contribution in [0.3, 0.4) is 0 Å². The van der Waals surface area contributed by atoms with Crippen LogP contribution in [-0.4, -0.2) is 78.1 Å². The zero-order valence-corrected chi connectivity index (χ0v) is 22.3. The number of rotatable bonds is 7. The molecule has 3 heterocycles. The summed E-state index contributed by atoms with van der Waals surface area (Å²) in [7, 11) is -1.01. The summed E-state index contributed by atoms with van der Waals surface area (Å²) in [5.41, 5.74) is 0.781. The van der Waals surface area contributed by atoms with Gasteiger partial charge in [-0.05, 0) is 87.3 Å². The Balaban J connectivity index is 1.35. The monoisotopic (exact) mass is 519 g/mol. The van der Waals surface area contributed by atoms with E-state index < -0.39 is 22.4 Å². The van der Waals surface area contributed by atoms with Crippen molar-refractivity contribution < 1.29 is 17.7 Å². The van der Waals surface area contributed by atoms with Crippen molar-refractivity contribution in [3.63, 3.8) is 0 Å². The van der Waals surface area contributed by atoms with E-state index in [0.29, 0.717) is 18.5 Å². The van der Waals surface area contributed by atoms with Gasteiger partial charge in [0.25, 0.3) is 0 Å². The van der Waals surface area contributed by atoms with Gasteiger partial charge in [-0.3, -0.25) is 9.20 Å². The van der Waals surface area contributed by atoms with Crippen LogP contribution in [0.4, 0.5) is 8.78 Å². The number of halogens is 2. The smallest absolute Gasteiger partial charge is 0.126 e. The van der Waals surface area contributed by atoms with Crippen molar-refractivity contribution in [3.05, 3.63) is 58.5 Å². The average Bonchev–Trinajstić information content (AvgIpc) is 2.95. The highest BCUT2D eigenvalue weighted by molar-refractivity contribution is 7.88. The van der Waals surface area contributed by atoms with Crippen LogP contribution >= 0.6 is 0 Å². The molecule has 2 saturated heterocycles. The number of hydrogen-bond donors (Lipinski definition) is 0. The Hall–Kier alpha value is -1.90. The molecule has 8 heteroatoms. The van der Waals surface area contributed by atoms with Gasteiger partial charge in [-0.1, -0.05) is 6.08 Å². The number of piperidine rings is 1. The van der Waals surface area contributed by atoms with E-state index in [4.69, 9.17) is 4.74 Å². The molecular formula is C28H39F2N3O2S. The molecule has 3 aliphatic rings. The van der Waals surface area contributed by atoms with E-state index in [0.717, 1.165) is 81.5 Å². The maximum absolute atomic E-state index is 14.0. The molecule has 0 aromatic heterocycles. The molecule has 0 amide bonds. The first-order valence-electron chi connectivity index (χ1n) is 13.2. The fraction of sp³-hybridized carbons (Fsp3) is 0.607. The fourth-order valence-corrected chi connectivity index (χ4v) is 6.35. The minimum absolute atomic E-state index is 0.137. The van der Waals surface area contributed by atoms with Gasteiger partial charge in [-0.15, -0.1) is 0 Å². The number of hydrogen-bond acceptors (Lipinski definition) is 5. The molecule has 0 bridgehead atoms.